The third-order valence-electron chi connectivity index (χ3n) is 8.48. The summed E-state index contributed by atoms with van der Waals surface area (Å²) in [6, 6.07) is 16.3. The Hall–Kier alpha value is -3.97. The number of anilines is 2. The summed E-state index contributed by atoms with van der Waals surface area (Å²) < 4.78 is 59.2. The van der Waals surface area contributed by atoms with E-state index < -0.39 is 34.6 Å². The maximum atomic E-state index is 15.1. The van der Waals surface area contributed by atoms with Crippen molar-refractivity contribution in [1.29, 1.82) is 0 Å². The molecule has 0 aliphatic carbocycles. The molecule has 1 aromatic heterocycles. The molecule has 3 aromatic carbocycles. The van der Waals surface area contributed by atoms with Crippen molar-refractivity contribution >= 4 is 28.6 Å². The Morgan fingerprint density at radius 2 is 1.89 bits per heavy atom. The number of ether oxygens (including phenoxy) is 1. The second kappa shape index (κ2) is 13.6. The number of nitrogens with one attached hydrogen (secondary N) is 1. The predicted molar refractivity (Wildman–Crippen MR) is 166 cm³/mol. The highest BCUT2D eigenvalue weighted by atomic mass is 32.2. The molecule has 2 aliphatic rings. The Labute approximate surface area is 263 Å². The van der Waals surface area contributed by atoms with Gasteiger partial charge in [-0.3, -0.25) is 19.2 Å². The van der Waals surface area contributed by atoms with Crippen LogP contribution in [-0.4, -0.2) is 68.5 Å². The molecule has 2 saturated heterocycles. The molecule has 3 atom stereocenters. The zero-order valence-electron chi connectivity index (χ0n) is 24.8. The molecule has 1 amide bonds. The van der Waals surface area contributed by atoms with Crippen molar-refractivity contribution in [1.82, 2.24) is 14.5 Å². The second-order valence-corrected chi connectivity index (χ2v) is 12.5. The maximum Gasteiger partial charge on any atom is 0.231 e. The predicted octanol–water partition coefficient (Wildman–Crippen LogP) is 4.45. The van der Waals surface area contributed by atoms with Gasteiger partial charge in [0.1, 0.15) is 11.6 Å². The topological polar surface area (TPSA) is 103 Å². The first-order valence-electron chi connectivity index (χ1n) is 14.8. The van der Waals surface area contributed by atoms with Gasteiger partial charge in [-0.15, -0.1) is 0 Å². The van der Waals surface area contributed by atoms with E-state index in [0.717, 1.165) is 41.5 Å². The van der Waals surface area contributed by atoms with Crippen LogP contribution in [0, 0.1) is 24.5 Å². The van der Waals surface area contributed by atoms with Gasteiger partial charge < -0.3 is 18.8 Å². The van der Waals surface area contributed by atoms with Crippen molar-refractivity contribution in [3.63, 3.8) is 0 Å². The van der Waals surface area contributed by atoms with Crippen LogP contribution in [0.2, 0.25) is 0 Å². The largest absolute Gasteiger partial charge is 0.768 e. The van der Waals surface area contributed by atoms with Gasteiger partial charge >= 0.3 is 0 Å². The van der Waals surface area contributed by atoms with E-state index in [1.807, 2.05) is 21.7 Å². The molecule has 12 heteroatoms. The van der Waals surface area contributed by atoms with Gasteiger partial charge in [0.15, 0.2) is 0 Å². The lowest BCUT2D eigenvalue weighted by atomic mass is 9.88. The first-order valence-corrected chi connectivity index (χ1v) is 15.9. The lowest BCUT2D eigenvalue weighted by Gasteiger charge is -2.31. The summed E-state index contributed by atoms with van der Waals surface area (Å²) in [6.07, 6.45) is 3.44. The van der Waals surface area contributed by atoms with Gasteiger partial charge in [-0.05, 0) is 64.5 Å². The van der Waals surface area contributed by atoms with Crippen molar-refractivity contribution in [2.75, 3.05) is 49.6 Å². The van der Waals surface area contributed by atoms with Gasteiger partial charge in [0.05, 0.1) is 25.7 Å². The SMILES string of the molecule is Cc1ccc(Cn2ccnc2NC(=O)[C@@H]2CN(Cc3cccc(S(=O)[O-])c3)C[C@H]2c2ccc(F)cc2F)c(N2CCOCC2)c1. The molecule has 45 heavy (non-hydrogen) atoms. The van der Waals surface area contributed by atoms with Gasteiger partial charge in [0.2, 0.25) is 11.9 Å². The molecule has 0 spiro atoms. The van der Waals surface area contributed by atoms with Crippen LogP contribution in [-0.2, 0) is 33.7 Å². The fraction of sp³-hybridized carbons (Fsp3) is 0.333. The number of benzene rings is 3. The van der Waals surface area contributed by atoms with E-state index in [-0.39, 0.29) is 22.9 Å². The van der Waals surface area contributed by atoms with Gasteiger partial charge in [-0.1, -0.05) is 30.3 Å². The first-order chi connectivity index (χ1) is 21.7. The van der Waals surface area contributed by atoms with E-state index in [1.165, 1.54) is 18.2 Å². The third kappa shape index (κ3) is 7.14. The molecule has 2 fully saturated rings. The molecule has 0 saturated carbocycles. The highest BCUT2D eigenvalue weighted by Gasteiger charge is 2.40. The number of aromatic nitrogens is 2. The van der Waals surface area contributed by atoms with E-state index in [2.05, 4.69) is 40.3 Å². The highest BCUT2D eigenvalue weighted by molar-refractivity contribution is 7.79. The number of amides is 1. The Kier molecular flexibility index (Phi) is 9.36. The number of carbonyl (C=O) groups is 1. The van der Waals surface area contributed by atoms with Crippen molar-refractivity contribution in [2.24, 2.45) is 5.92 Å². The van der Waals surface area contributed by atoms with Crippen LogP contribution in [0.1, 0.15) is 28.2 Å². The van der Waals surface area contributed by atoms with Gasteiger partial charge in [0.25, 0.3) is 0 Å². The van der Waals surface area contributed by atoms with Gasteiger partial charge in [-0.2, -0.15) is 0 Å². The monoisotopic (exact) mass is 634 g/mol. The molecule has 0 radical (unpaired) electrons. The summed E-state index contributed by atoms with van der Waals surface area (Å²) in [4.78, 5) is 22.8. The Balaban J connectivity index is 1.23. The molecule has 3 heterocycles. The normalized spacial score (nSPS) is 19.5. The Bertz CT molecular complexity index is 1710. The molecule has 1 unspecified atom stereocenters. The van der Waals surface area contributed by atoms with Crippen LogP contribution in [0.4, 0.5) is 20.4 Å². The number of carbonyl (C=O) groups excluding carboxylic acids is 1. The fourth-order valence-corrected chi connectivity index (χ4v) is 6.69. The average Bonchev–Trinajstić information content (AvgIpc) is 3.65. The standard InChI is InChI=1S/C33H35F2N5O4S/c1-22-5-6-24(31(15-22)39-11-13-44-14-12-39)19-40-10-9-36-33(40)37-32(41)29-21-38(18-23-3-2-4-26(16-23)45(42)43)20-28(29)27-8-7-25(34)17-30(27)35/h2-10,15-17,28-29H,11-14,18-21H2,1H3,(H,42,43)(H,36,37,41)/p-1/t28-,29+/m0/s1. The number of rotatable bonds is 9. The summed E-state index contributed by atoms with van der Waals surface area (Å²) in [5, 5.41) is 2.98. The Morgan fingerprint density at radius 1 is 1.07 bits per heavy atom. The number of morpholine rings is 1. The summed E-state index contributed by atoms with van der Waals surface area (Å²) in [7, 11) is 0. The van der Waals surface area contributed by atoms with Crippen LogP contribution in [0.5, 0.6) is 0 Å². The summed E-state index contributed by atoms with van der Waals surface area (Å²) in [5.41, 5.74) is 4.35. The molecular formula is C33H34F2N5O4S-. The van der Waals surface area contributed by atoms with Crippen molar-refractivity contribution in [3.8, 4) is 0 Å². The molecule has 236 valence electrons. The van der Waals surface area contributed by atoms with Crippen LogP contribution in [0.3, 0.4) is 0 Å². The van der Waals surface area contributed by atoms with Crippen molar-refractivity contribution in [3.05, 3.63) is 107 Å². The molecular weight excluding hydrogens is 600 g/mol. The molecule has 2 aliphatic heterocycles. The number of nitrogens with zero attached hydrogens (tertiary/aromatic N) is 4. The minimum atomic E-state index is -2.37. The van der Waals surface area contributed by atoms with Crippen LogP contribution in [0.15, 0.2) is 78.0 Å². The number of imidazole rings is 1. The smallest absolute Gasteiger partial charge is 0.231 e. The van der Waals surface area contributed by atoms with E-state index in [0.29, 0.717) is 38.8 Å². The van der Waals surface area contributed by atoms with E-state index in [1.54, 1.807) is 18.3 Å². The molecule has 0 bridgehead atoms. The second-order valence-electron chi connectivity index (χ2n) is 11.6. The fourth-order valence-electron chi connectivity index (χ4n) is 6.26. The Morgan fingerprint density at radius 3 is 2.67 bits per heavy atom. The average molecular weight is 635 g/mol. The van der Waals surface area contributed by atoms with Crippen molar-refractivity contribution < 1.29 is 27.1 Å². The summed E-state index contributed by atoms with van der Waals surface area (Å²) in [5.74, 6) is -2.59. The highest BCUT2D eigenvalue weighted by Crippen LogP contribution is 2.36. The van der Waals surface area contributed by atoms with Crippen LogP contribution in [0.25, 0.3) is 0 Å². The van der Waals surface area contributed by atoms with Gasteiger partial charge in [-0.25, -0.2) is 13.8 Å². The first kappa shape index (κ1) is 31.0. The number of halogens is 2. The molecule has 1 N–H and O–H groups in total. The lowest BCUT2D eigenvalue weighted by molar-refractivity contribution is -0.120. The number of hydrogen-bond donors (Lipinski definition) is 1. The van der Waals surface area contributed by atoms with Crippen LogP contribution >= 0.6 is 0 Å². The summed E-state index contributed by atoms with van der Waals surface area (Å²) >= 11 is -2.37. The molecule has 9 nitrogen and oxygen atoms in total. The molecule has 4 aromatic rings. The minimum absolute atomic E-state index is 0.166. The number of likely N-dealkylation sites (tertiary alicyclic amines) is 1. The maximum absolute atomic E-state index is 15.1. The van der Waals surface area contributed by atoms with E-state index >= 15 is 4.39 Å². The van der Waals surface area contributed by atoms with Crippen LogP contribution < -0.4 is 10.2 Å². The lowest BCUT2D eigenvalue weighted by Crippen LogP contribution is -2.37. The quantitative estimate of drug-likeness (QED) is 0.272. The van der Waals surface area contributed by atoms with E-state index in [9.17, 15) is 17.9 Å². The number of hydrogen-bond acceptors (Lipinski definition) is 7. The van der Waals surface area contributed by atoms with E-state index in [4.69, 9.17) is 4.74 Å². The number of aryl methyl sites for hydroxylation is 1. The summed E-state index contributed by atoms with van der Waals surface area (Å²) in [6.45, 7) is 6.43. The van der Waals surface area contributed by atoms with Crippen molar-refractivity contribution in [2.45, 2.75) is 30.8 Å². The minimum Gasteiger partial charge on any atom is -0.768 e. The van der Waals surface area contributed by atoms with Gasteiger partial charge in [0, 0.05) is 67.7 Å². The zero-order valence-corrected chi connectivity index (χ0v) is 25.6. The zero-order chi connectivity index (χ0) is 31.5. The third-order valence-corrected chi connectivity index (χ3v) is 9.11. The molecule has 6 rings (SSSR count).